The molecule has 1 aliphatic heterocycles. The third-order valence-electron chi connectivity index (χ3n) is 3.30. The quantitative estimate of drug-likeness (QED) is 0.847. The van der Waals surface area contributed by atoms with Crippen molar-refractivity contribution in [1.29, 1.82) is 0 Å². The van der Waals surface area contributed by atoms with Gasteiger partial charge in [-0.1, -0.05) is 20.8 Å². The van der Waals surface area contributed by atoms with Crippen molar-refractivity contribution in [3.63, 3.8) is 0 Å². The van der Waals surface area contributed by atoms with E-state index in [4.69, 9.17) is 5.73 Å². The minimum absolute atomic E-state index is 0.315. The molecule has 0 saturated heterocycles. The van der Waals surface area contributed by atoms with Gasteiger partial charge >= 0.3 is 0 Å². The molecule has 17 heavy (non-hydrogen) atoms. The molecule has 0 amide bonds. The maximum atomic E-state index is 5.92. The molecule has 1 aromatic heterocycles. The Morgan fingerprint density at radius 1 is 1.41 bits per heavy atom. The van der Waals surface area contributed by atoms with E-state index in [0.29, 0.717) is 18.0 Å². The molecule has 1 aromatic rings. The molecule has 5 heteroatoms. The van der Waals surface area contributed by atoms with Crippen molar-refractivity contribution < 1.29 is 0 Å². The molecule has 0 saturated carbocycles. The molecule has 0 aliphatic carbocycles. The molecule has 2 rings (SSSR count). The first-order chi connectivity index (χ1) is 7.99. The molecule has 0 aromatic carbocycles. The number of hydrogen-bond donors (Lipinski definition) is 1. The molecule has 0 fully saturated rings. The average molecular weight is 237 g/mol. The third kappa shape index (κ3) is 3.04. The Hall–Kier alpha value is -0.940. The van der Waals surface area contributed by atoms with Gasteiger partial charge in [-0.25, -0.2) is 0 Å². The monoisotopic (exact) mass is 237 g/mol. The summed E-state index contributed by atoms with van der Waals surface area (Å²) in [5, 5.41) is 8.10. The molecule has 5 nitrogen and oxygen atoms in total. The van der Waals surface area contributed by atoms with Crippen LogP contribution in [-0.2, 0) is 13.1 Å². The third-order valence-corrected chi connectivity index (χ3v) is 3.30. The van der Waals surface area contributed by atoms with Gasteiger partial charge in [-0.05, 0) is 11.8 Å². The Kier molecular flexibility index (Phi) is 3.49. The fourth-order valence-corrected chi connectivity index (χ4v) is 2.47. The van der Waals surface area contributed by atoms with Crippen molar-refractivity contribution in [2.24, 2.45) is 11.1 Å². The Morgan fingerprint density at radius 3 is 2.82 bits per heavy atom. The molecule has 0 bridgehead atoms. The maximum absolute atomic E-state index is 5.92. The summed E-state index contributed by atoms with van der Waals surface area (Å²) in [4.78, 5) is 2.44. The molecule has 0 radical (unpaired) electrons. The summed E-state index contributed by atoms with van der Waals surface area (Å²) in [5.41, 5.74) is 6.24. The van der Waals surface area contributed by atoms with Crippen LogP contribution in [0.5, 0.6) is 0 Å². The van der Waals surface area contributed by atoms with Crippen molar-refractivity contribution in [2.75, 3.05) is 13.1 Å². The highest BCUT2D eigenvalue weighted by Gasteiger charge is 2.27. The van der Waals surface area contributed by atoms with Gasteiger partial charge in [0.2, 0.25) is 0 Å². The summed E-state index contributed by atoms with van der Waals surface area (Å²) in [6.45, 7) is 10.4. The zero-order valence-corrected chi connectivity index (χ0v) is 11.1. The fraction of sp³-hybridized carbons (Fsp3) is 0.833. The van der Waals surface area contributed by atoms with E-state index in [1.807, 2.05) is 6.33 Å². The summed E-state index contributed by atoms with van der Waals surface area (Å²) in [5.74, 6) is 1.06. The lowest BCUT2D eigenvalue weighted by atomic mass is 9.87. The Labute approximate surface area is 103 Å². The molecular weight excluding hydrogens is 214 g/mol. The van der Waals surface area contributed by atoms with Gasteiger partial charge in [0.25, 0.3) is 0 Å². The van der Waals surface area contributed by atoms with Crippen LogP contribution in [0.15, 0.2) is 6.33 Å². The first kappa shape index (κ1) is 12.5. The minimum atomic E-state index is 0.315. The highest BCUT2D eigenvalue weighted by atomic mass is 15.3. The number of fused-ring (bicyclic) bond motifs is 1. The number of nitrogens with two attached hydrogens (primary N) is 1. The predicted molar refractivity (Wildman–Crippen MR) is 67.3 cm³/mol. The number of hydrogen-bond acceptors (Lipinski definition) is 4. The molecule has 1 unspecified atom stereocenters. The lowest BCUT2D eigenvalue weighted by Gasteiger charge is -2.37. The van der Waals surface area contributed by atoms with Gasteiger partial charge in [0, 0.05) is 25.7 Å². The summed E-state index contributed by atoms with van der Waals surface area (Å²) in [6, 6.07) is 0.445. The molecule has 2 heterocycles. The van der Waals surface area contributed by atoms with Crippen molar-refractivity contribution in [1.82, 2.24) is 19.7 Å². The van der Waals surface area contributed by atoms with Crippen LogP contribution in [0.3, 0.4) is 0 Å². The van der Waals surface area contributed by atoms with E-state index in [0.717, 1.165) is 31.9 Å². The number of aromatic nitrogens is 3. The second-order valence-corrected chi connectivity index (χ2v) is 6.07. The van der Waals surface area contributed by atoms with Crippen LogP contribution in [0, 0.1) is 5.41 Å². The predicted octanol–water partition coefficient (Wildman–Crippen LogP) is 0.857. The highest BCUT2D eigenvalue weighted by molar-refractivity contribution is 4.92. The molecule has 96 valence electrons. The van der Waals surface area contributed by atoms with Crippen LogP contribution >= 0.6 is 0 Å². The van der Waals surface area contributed by atoms with Crippen LogP contribution in [0.1, 0.15) is 33.0 Å². The van der Waals surface area contributed by atoms with E-state index >= 15 is 0 Å². The standard InChI is InChI=1S/C12H23N5/c1-12(2,3)6-10(7-13)16-4-5-17-9-14-15-11(17)8-16/h9-10H,4-8,13H2,1-3H3. The van der Waals surface area contributed by atoms with E-state index < -0.39 is 0 Å². The maximum Gasteiger partial charge on any atom is 0.147 e. The molecular formula is C12H23N5. The topological polar surface area (TPSA) is 60.0 Å². The molecule has 0 spiro atoms. The molecule has 1 aliphatic rings. The van der Waals surface area contributed by atoms with E-state index in [1.54, 1.807) is 0 Å². The van der Waals surface area contributed by atoms with E-state index in [1.165, 1.54) is 0 Å². The number of rotatable bonds is 3. The SMILES string of the molecule is CC(C)(C)CC(CN)N1CCn2cnnc2C1. The van der Waals surface area contributed by atoms with Gasteiger partial charge in [-0.3, -0.25) is 4.90 Å². The van der Waals surface area contributed by atoms with Gasteiger partial charge in [0.05, 0.1) is 6.54 Å². The number of nitrogens with zero attached hydrogens (tertiary/aromatic N) is 4. The lowest BCUT2D eigenvalue weighted by molar-refractivity contribution is 0.120. The van der Waals surface area contributed by atoms with Crippen molar-refractivity contribution in [2.45, 2.75) is 46.3 Å². The summed E-state index contributed by atoms with van der Waals surface area (Å²) >= 11 is 0. The minimum Gasteiger partial charge on any atom is -0.329 e. The largest absolute Gasteiger partial charge is 0.329 e. The smallest absolute Gasteiger partial charge is 0.147 e. The van der Waals surface area contributed by atoms with Crippen LogP contribution < -0.4 is 5.73 Å². The van der Waals surface area contributed by atoms with Crippen LogP contribution in [0.25, 0.3) is 0 Å². The van der Waals surface area contributed by atoms with Crippen molar-refractivity contribution >= 4 is 0 Å². The average Bonchev–Trinajstić information content (AvgIpc) is 2.71. The van der Waals surface area contributed by atoms with Crippen molar-refractivity contribution in [3.8, 4) is 0 Å². The Bertz CT molecular complexity index is 365. The highest BCUT2D eigenvalue weighted by Crippen LogP contribution is 2.25. The summed E-state index contributed by atoms with van der Waals surface area (Å²) < 4.78 is 2.13. The van der Waals surface area contributed by atoms with Gasteiger partial charge < -0.3 is 10.3 Å². The first-order valence-electron chi connectivity index (χ1n) is 6.30. The zero-order chi connectivity index (χ0) is 12.5. The van der Waals surface area contributed by atoms with Crippen molar-refractivity contribution in [3.05, 3.63) is 12.2 Å². The van der Waals surface area contributed by atoms with Gasteiger partial charge in [0.1, 0.15) is 12.2 Å². The van der Waals surface area contributed by atoms with Crippen LogP contribution in [-0.4, -0.2) is 38.8 Å². The van der Waals surface area contributed by atoms with Crippen LogP contribution in [0.4, 0.5) is 0 Å². The normalized spacial score (nSPS) is 19.1. The molecule has 1 atom stereocenters. The lowest BCUT2D eigenvalue weighted by Crippen LogP contribution is -2.46. The van der Waals surface area contributed by atoms with Gasteiger partial charge in [-0.2, -0.15) is 0 Å². The Balaban J connectivity index is 2.03. The fourth-order valence-electron chi connectivity index (χ4n) is 2.47. The second kappa shape index (κ2) is 4.74. The van der Waals surface area contributed by atoms with E-state index in [9.17, 15) is 0 Å². The summed E-state index contributed by atoms with van der Waals surface area (Å²) in [7, 11) is 0. The van der Waals surface area contributed by atoms with Gasteiger partial charge in [-0.15, -0.1) is 10.2 Å². The first-order valence-corrected chi connectivity index (χ1v) is 6.30. The van der Waals surface area contributed by atoms with E-state index in [-0.39, 0.29) is 0 Å². The zero-order valence-electron chi connectivity index (χ0n) is 11.1. The van der Waals surface area contributed by atoms with E-state index in [2.05, 4.69) is 40.4 Å². The molecule has 2 N–H and O–H groups in total. The Morgan fingerprint density at radius 2 is 2.18 bits per heavy atom. The van der Waals surface area contributed by atoms with Gasteiger partial charge in [0.15, 0.2) is 0 Å². The summed E-state index contributed by atoms with van der Waals surface area (Å²) in [6.07, 6.45) is 2.94. The second-order valence-electron chi connectivity index (χ2n) is 6.07. The van der Waals surface area contributed by atoms with Crippen LogP contribution in [0.2, 0.25) is 0 Å².